The molecule has 1 aromatic carbocycles. The third kappa shape index (κ3) is 12.0. The molecule has 39 heavy (non-hydrogen) atoms. The fourth-order valence-corrected chi connectivity index (χ4v) is 4.04. The van der Waals surface area contributed by atoms with E-state index < -0.39 is 0 Å². The Labute approximate surface area is 242 Å². The standard InChI is InChI=1S/C21H24Cl2N4O4S.C5H10O2/c1-24-5-7-30-8-9-31-12-19(28)27-6-4-15(11-27)20(29)25-18-13-32-21(26-18)14-2-3-16(22)17(23)10-14;1-5(2,3)7-4-6/h2-4,10,13,24H,5-9,11-12H2,1H3,(H,25,29);4H,1-3H3. The molecule has 0 spiro atoms. The predicted molar refractivity (Wildman–Crippen MR) is 153 cm³/mol. The maximum atomic E-state index is 12.6. The minimum atomic E-state index is -0.318. The number of benzene rings is 1. The Morgan fingerprint density at radius 1 is 1.15 bits per heavy atom. The first-order valence-electron chi connectivity index (χ1n) is 12.1. The van der Waals surface area contributed by atoms with E-state index in [1.165, 1.54) is 11.3 Å². The lowest BCUT2D eigenvalue weighted by Gasteiger charge is -2.16. The zero-order valence-corrected chi connectivity index (χ0v) is 24.8. The van der Waals surface area contributed by atoms with E-state index in [2.05, 4.69) is 20.4 Å². The fourth-order valence-electron chi connectivity index (χ4n) is 2.99. The van der Waals surface area contributed by atoms with Crippen LogP contribution in [0.25, 0.3) is 10.6 Å². The Morgan fingerprint density at radius 3 is 2.54 bits per heavy atom. The van der Waals surface area contributed by atoms with E-state index >= 15 is 0 Å². The van der Waals surface area contributed by atoms with Crippen molar-refractivity contribution >= 4 is 58.6 Å². The summed E-state index contributed by atoms with van der Waals surface area (Å²) in [5.74, 6) is -0.0201. The predicted octanol–water partition coefficient (Wildman–Crippen LogP) is 4.03. The number of hydrogen-bond acceptors (Lipinski definition) is 9. The smallest absolute Gasteiger partial charge is 0.293 e. The Morgan fingerprint density at radius 2 is 1.90 bits per heavy atom. The number of hydrogen-bond donors (Lipinski definition) is 2. The fraction of sp³-hybridized carbons (Fsp3) is 0.462. The summed E-state index contributed by atoms with van der Waals surface area (Å²) in [6, 6.07) is 5.25. The number of ether oxygens (including phenoxy) is 3. The largest absolute Gasteiger partial charge is 0.462 e. The van der Waals surface area contributed by atoms with Gasteiger partial charge in [-0.15, -0.1) is 11.3 Å². The highest BCUT2D eigenvalue weighted by atomic mass is 35.5. The zero-order valence-electron chi connectivity index (χ0n) is 22.4. The van der Waals surface area contributed by atoms with E-state index in [4.69, 9.17) is 32.7 Å². The number of rotatable bonds is 12. The van der Waals surface area contributed by atoms with E-state index in [-0.39, 0.29) is 30.6 Å². The lowest BCUT2D eigenvalue weighted by atomic mass is 10.2. The van der Waals surface area contributed by atoms with Gasteiger partial charge in [0.25, 0.3) is 12.4 Å². The monoisotopic (exact) mass is 600 g/mol. The Hall–Kier alpha value is -2.54. The molecule has 2 N–H and O–H groups in total. The number of anilines is 1. The van der Waals surface area contributed by atoms with E-state index in [0.717, 1.165) is 12.1 Å². The molecule has 2 amide bonds. The van der Waals surface area contributed by atoms with Crippen LogP contribution in [0.15, 0.2) is 35.2 Å². The van der Waals surface area contributed by atoms with Gasteiger partial charge in [0, 0.05) is 29.6 Å². The van der Waals surface area contributed by atoms with Crippen molar-refractivity contribution in [3.8, 4) is 10.6 Å². The molecule has 1 aliphatic heterocycles. The molecule has 214 valence electrons. The molecule has 0 fully saturated rings. The van der Waals surface area contributed by atoms with Crippen LogP contribution in [-0.2, 0) is 28.6 Å². The minimum Gasteiger partial charge on any atom is -0.462 e. The highest BCUT2D eigenvalue weighted by Gasteiger charge is 2.24. The van der Waals surface area contributed by atoms with Crippen LogP contribution in [0.2, 0.25) is 10.0 Å². The number of halogens is 2. The molecular weight excluding hydrogens is 567 g/mol. The van der Waals surface area contributed by atoms with Crippen molar-refractivity contribution < 1.29 is 28.6 Å². The average Bonchev–Trinajstić information content (AvgIpc) is 3.55. The molecule has 3 rings (SSSR count). The molecule has 1 aliphatic rings. The number of nitrogens with one attached hydrogen (secondary N) is 2. The van der Waals surface area contributed by atoms with Gasteiger partial charge in [0.05, 0.1) is 36.4 Å². The van der Waals surface area contributed by atoms with Gasteiger partial charge >= 0.3 is 0 Å². The van der Waals surface area contributed by atoms with Crippen molar-refractivity contribution in [2.45, 2.75) is 26.4 Å². The second-order valence-electron chi connectivity index (χ2n) is 9.22. The van der Waals surface area contributed by atoms with E-state index in [0.29, 0.717) is 59.3 Å². The number of thiazole rings is 1. The lowest BCUT2D eigenvalue weighted by Crippen LogP contribution is -2.33. The molecule has 2 aromatic rings. The number of amides is 2. The second-order valence-corrected chi connectivity index (χ2v) is 10.9. The van der Waals surface area contributed by atoms with Crippen LogP contribution in [0, 0.1) is 0 Å². The summed E-state index contributed by atoms with van der Waals surface area (Å²) >= 11 is 13.4. The van der Waals surface area contributed by atoms with E-state index in [1.807, 2.05) is 33.9 Å². The third-order valence-corrected chi connectivity index (χ3v) is 6.60. The SMILES string of the molecule is CC(C)(C)OC=O.CNCCOCCOCC(=O)N1CC=C(C(=O)Nc2csc(-c3ccc(Cl)c(Cl)c3)n2)C1. The van der Waals surface area contributed by atoms with Gasteiger partial charge in [0.15, 0.2) is 0 Å². The van der Waals surface area contributed by atoms with Gasteiger partial charge in [0.2, 0.25) is 5.91 Å². The van der Waals surface area contributed by atoms with Crippen LogP contribution in [0.5, 0.6) is 0 Å². The van der Waals surface area contributed by atoms with Crippen molar-refractivity contribution in [3.05, 3.63) is 45.3 Å². The second kappa shape index (κ2) is 16.5. The molecule has 0 radical (unpaired) electrons. The molecule has 0 atom stereocenters. The number of carbonyl (C=O) groups is 3. The van der Waals surface area contributed by atoms with Crippen molar-refractivity contribution in [1.82, 2.24) is 15.2 Å². The summed E-state index contributed by atoms with van der Waals surface area (Å²) in [5, 5.41) is 9.13. The zero-order chi connectivity index (χ0) is 28.8. The van der Waals surface area contributed by atoms with Gasteiger partial charge in [-0.1, -0.05) is 35.3 Å². The van der Waals surface area contributed by atoms with Gasteiger partial charge in [-0.05, 0) is 40.0 Å². The van der Waals surface area contributed by atoms with Crippen LogP contribution in [0.1, 0.15) is 20.8 Å². The van der Waals surface area contributed by atoms with Crippen molar-refractivity contribution in [2.75, 3.05) is 58.4 Å². The van der Waals surface area contributed by atoms with Crippen LogP contribution in [-0.4, -0.2) is 86.9 Å². The van der Waals surface area contributed by atoms with Crippen LogP contribution >= 0.6 is 34.5 Å². The first-order chi connectivity index (χ1) is 18.5. The Balaban J connectivity index is 0.000000673. The van der Waals surface area contributed by atoms with Gasteiger partial charge in [-0.3, -0.25) is 14.4 Å². The van der Waals surface area contributed by atoms with Crippen LogP contribution in [0.4, 0.5) is 5.82 Å². The highest BCUT2D eigenvalue weighted by Crippen LogP contribution is 2.31. The first-order valence-corrected chi connectivity index (χ1v) is 13.8. The summed E-state index contributed by atoms with van der Waals surface area (Å²) in [7, 11) is 1.85. The summed E-state index contributed by atoms with van der Waals surface area (Å²) in [6.07, 6.45) is 1.74. The van der Waals surface area contributed by atoms with Crippen molar-refractivity contribution in [2.24, 2.45) is 0 Å². The topological polar surface area (TPSA) is 119 Å². The molecule has 0 unspecified atom stereocenters. The maximum Gasteiger partial charge on any atom is 0.293 e. The Kier molecular flexibility index (Phi) is 13.9. The number of nitrogens with zero attached hydrogens (tertiary/aromatic N) is 2. The summed E-state index contributed by atoms with van der Waals surface area (Å²) in [5.41, 5.74) is 1.01. The molecule has 10 nitrogen and oxygen atoms in total. The Bertz CT molecular complexity index is 1140. The molecule has 0 bridgehead atoms. The third-order valence-electron chi connectivity index (χ3n) is 4.97. The van der Waals surface area contributed by atoms with Gasteiger partial charge in [-0.2, -0.15) is 0 Å². The molecule has 2 heterocycles. The average molecular weight is 602 g/mol. The lowest BCUT2D eigenvalue weighted by molar-refractivity contribution is -0.138. The highest BCUT2D eigenvalue weighted by molar-refractivity contribution is 7.13. The molecule has 13 heteroatoms. The maximum absolute atomic E-state index is 12.6. The summed E-state index contributed by atoms with van der Waals surface area (Å²) < 4.78 is 15.2. The van der Waals surface area contributed by atoms with E-state index in [9.17, 15) is 14.4 Å². The molecule has 1 aromatic heterocycles. The van der Waals surface area contributed by atoms with Crippen molar-refractivity contribution in [1.29, 1.82) is 0 Å². The van der Waals surface area contributed by atoms with Gasteiger partial charge in [0.1, 0.15) is 23.0 Å². The molecular formula is C26H34Cl2N4O6S. The summed E-state index contributed by atoms with van der Waals surface area (Å²) in [4.78, 5) is 40.4. The number of carbonyl (C=O) groups excluding carboxylic acids is 3. The number of aromatic nitrogens is 1. The molecule has 0 saturated carbocycles. The number of likely N-dealkylation sites (N-methyl/N-ethyl adjacent to an activating group) is 1. The minimum absolute atomic E-state index is 0.0444. The first kappa shape index (κ1) is 32.7. The van der Waals surface area contributed by atoms with Gasteiger partial charge < -0.3 is 29.7 Å². The van der Waals surface area contributed by atoms with Crippen molar-refractivity contribution in [3.63, 3.8) is 0 Å². The van der Waals surface area contributed by atoms with Crippen LogP contribution < -0.4 is 10.6 Å². The molecule has 0 aliphatic carbocycles. The van der Waals surface area contributed by atoms with Crippen LogP contribution in [0.3, 0.4) is 0 Å². The van der Waals surface area contributed by atoms with Gasteiger partial charge in [-0.25, -0.2) is 4.98 Å². The normalized spacial score (nSPS) is 12.9. The quantitative estimate of drug-likeness (QED) is 0.277. The summed E-state index contributed by atoms with van der Waals surface area (Å²) in [6.45, 7) is 8.61. The van der Waals surface area contributed by atoms with E-state index in [1.54, 1.807) is 28.5 Å². The molecule has 0 saturated heterocycles.